The van der Waals surface area contributed by atoms with E-state index in [2.05, 4.69) is 43.5 Å². The van der Waals surface area contributed by atoms with Gasteiger partial charge in [-0.15, -0.1) is 10.2 Å². The van der Waals surface area contributed by atoms with Gasteiger partial charge in [-0.2, -0.15) is 5.10 Å². The first-order valence-electron chi connectivity index (χ1n) is 11.5. The number of anilines is 1. The van der Waals surface area contributed by atoms with E-state index in [0.717, 1.165) is 48.0 Å². The minimum atomic E-state index is 0.0386. The van der Waals surface area contributed by atoms with E-state index in [9.17, 15) is 4.79 Å². The van der Waals surface area contributed by atoms with Gasteiger partial charge in [-0.05, 0) is 82.7 Å². The number of fused-ring (bicyclic) bond motifs is 1. The van der Waals surface area contributed by atoms with Crippen molar-refractivity contribution in [3.05, 3.63) is 36.7 Å². The first kappa shape index (κ1) is 21.0. The zero-order chi connectivity index (χ0) is 22.1. The van der Waals surface area contributed by atoms with Gasteiger partial charge in [-0.1, -0.05) is 6.07 Å². The van der Waals surface area contributed by atoms with Gasteiger partial charge in [0.05, 0.1) is 11.7 Å². The first-order valence-corrected chi connectivity index (χ1v) is 11.5. The molecule has 2 aliphatic heterocycles. The fraction of sp³-hybridized carbons (Fsp3) is 0.500. The number of piperidine rings is 2. The predicted molar refractivity (Wildman–Crippen MR) is 125 cm³/mol. The molecule has 0 saturated carbocycles. The molecule has 2 aliphatic rings. The summed E-state index contributed by atoms with van der Waals surface area (Å²) in [5.74, 6) is 0.616. The van der Waals surface area contributed by atoms with Gasteiger partial charge in [-0.25, -0.2) is 0 Å². The third-order valence-corrected chi connectivity index (χ3v) is 6.98. The smallest absolute Gasteiger partial charge is 0.228 e. The number of nitrogens with zero attached hydrogens (tertiary/aromatic N) is 6. The standard InChI is InChI=1S/C24H31N7O/c1-29-9-7-21(8-10-29)31-11-5-17(6-12-31)24(32)26-23-14-19-13-18(3-4-22(19)27-28-23)20-15-25-30(2)16-20/h3-4,13-17,21H,5-12H2,1-2H3,(H,26,28,32). The zero-order valence-corrected chi connectivity index (χ0v) is 18.9. The summed E-state index contributed by atoms with van der Waals surface area (Å²) in [5.41, 5.74) is 2.92. The topological polar surface area (TPSA) is 79.2 Å². The number of nitrogens with one attached hydrogen (secondary N) is 1. The molecule has 0 aliphatic carbocycles. The number of benzene rings is 1. The number of hydrogen-bond donors (Lipinski definition) is 1. The van der Waals surface area contributed by atoms with Crippen molar-refractivity contribution in [1.82, 2.24) is 29.8 Å². The maximum Gasteiger partial charge on any atom is 0.228 e. The van der Waals surface area contributed by atoms with E-state index in [0.29, 0.717) is 11.9 Å². The molecule has 0 unspecified atom stereocenters. The van der Waals surface area contributed by atoms with Gasteiger partial charge >= 0.3 is 0 Å². The Kier molecular flexibility index (Phi) is 5.89. The van der Waals surface area contributed by atoms with Gasteiger partial charge in [0.1, 0.15) is 0 Å². The molecule has 0 radical (unpaired) electrons. The summed E-state index contributed by atoms with van der Waals surface area (Å²) in [5, 5.41) is 16.7. The van der Waals surface area contributed by atoms with Crippen LogP contribution >= 0.6 is 0 Å². The van der Waals surface area contributed by atoms with Crippen molar-refractivity contribution in [2.45, 2.75) is 31.7 Å². The number of carbonyl (C=O) groups is 1. The lowest BCUT2D eigenvalue weighted by Gasteiger charge is -2.40. The van der Waals surface area contributed by atoms with Crippen LogP contribution in [0.1, 0.15) is 25.7 Å². The molecular weight excluding hydrogens is 402 g/mol. The van der Waals surface area contributed by atoms with E-state index in [1.165, 1.54) is 25.9 Å². The van der Waals surface area contributed by atoms with E-state index < -0.39 is 0 Å². The van der Waals surface area contributed by atoms with Gasteiger partial charge < -0.3 is 15.1 Å². The monoisotopic (exact) mass is 433 g/mol. The molecule has 2 fully saturated rings. The van der Waals surface area contributed by atoms with Crippen LogP contribution in [0.25, 0.3) is 22.0 Å². The molecule has 168 valence electrons. The Labute approximate surface area is 188 Å². The maximum atomic E-state index is 12.9. The van der Waals surface area contributed by atoms with Crippen LogP contribution in [0.5, 0.6) is 0 Å². The minimum Gasteiger partial charge on any atom is -0.309 e. The van der Waals surface area contributed by atoms with Crippen molar-refractivity contribution in [2.24, 2.45) is 13.0 Å². The molecule has 3 aromatic rings. The number of aromatic nitrogens is 4. The van der Waals surface area contributed by atoms with Crippen LogP contribution < -0.4 is 5.32 Å². The number of amides is 1. The Morgan fingerprint density at radius 3 is 2.47 bits per heavy atom. The summed E-state index contributed by atoms with van der Waals surface area (Å²) in [6.07, 6.45) is 8.11. The third kappa shape index (κ3) is 4.52. The van der Waals surface area contributed by atoms with Crippen molar-refractivity contribution >= 4 is 22.6 Å². The predicted octanol–water partition coefficient (Wildman–Crippen LogP) is 2.78. The van der Waals surface area contributed by atoms with Crippen LogP contribution in [0.4, 0.5) is 5.82 Å². The van der Waals surface area contributed by atoms with Gasteiger partial charge in [0.2, 0.25) is 5.91 Å². The highest BCUT2D eigenvalue weighted by Gasteiger charge is 2.30. The lowest BCUT2D eigenvalue weighted by atomic mass is 9.93. The number of rotatable bonds is 4. The molecule has 2 aromatic heterocycles. The Morgan fingerprint density at radius 1 is 0.969 bits per heavy atom. The molecule has 1 amide bonds. The largest absolute Gasteiger partial charge is 0.309 e. The zero-order valence-electron chi connectivity index (χ0n) is 18.9. The van der Waals surface area contributed by atoms with Crippen molar-refractivity contribution in [3.63, 3.8) is 0 Å². The van der Waals surface area contributed by atoms with E-state index in [-0.39, 0.29) is 11.8 Å². The lowest BCUT2D eigenvalue weighted by Crippen LogP contribution is -2.48. The number of aryl methyl sites for hydroxylation is 1. The SMILES string of the molecule is CN1CCC(N2CCC(C(=O)Nc3cc4cc(-c5cnn(C)c5)ccc4nn3)CC2)CC1. The first-order chi connectivity index (χ1) is 15.5. The van der Waals surface area contributed by atoms with E-state index in [4.69, 9.17) is 0 Å². The van der Waals surface area contributed by atoms with Gasteiger partial charge in [0.15, 0.2) is 5.82 Å². The second kappa shape index (κ2) is 8.96. The van der Waals surface area contributed by atoms with Crippen LogP contribution in [-0.4, -0.2) is 75.0 Å². The second-order valence-electron chi connectivity index (χ2n) is 9.24. The molecular formula is C24H31N7O. The Bertz CT molecular complexity index is 1090. The highest BCUT2D eigenvalue weighted by Crippen LogP contribution is 2.26. The molecule has 1 N–H and O–H groups in total. The fourth-order valence-corrected chi connectivity index (χ4v) is 4.97. The lowest BCUT2D eigenvalue weighted by molar-refractivity contribution is -0.121. The quantitative estimate of drug-likeness (QED) is 0.682. The summed E-state index contributed by atoms with van der Waals surface area (Å²) >= 11 is 0. The van der Waals surface area contributed by atoms with Crippen molar-refractivity contribution in [3.8, 4) is 11.1 Å². The average Bonchev–Trinajstić information content (AvgIpc) is 3.25. The van der Waals surface area contributed by atoms with Crippen LogP contribution in [0.2, 0.25) is 0 Å². The molecule has 4 heterocycles. The summed E-state index contributed by atoms with van der Waals surface area (Å²) < 4.78 is 1.79. The Morgan fingerprint density at radius 2 is 1.75 bits per heavy atom. The van der Waals surface area contributed by atoms with E-state index in [1.807, 2.05) is 37.6 Å². The molecule has 0 atom stereocenters. The Hall–Kier alpha value is -2.84. The maximum absolute atomic E-state index is 12.9. The highest BCUT2D eigenvalue weighted by atomic mass is 16.2. The summed E-state index contributed by atoms with van der Waals surface area (Å²) in [7, 11) is 4.10. The average molecular weight is 434 g/mol. The highest BCUT2D eigenvalue weighted by molar-refractivity contribution is 5.94. The number of carbonyl (C=O) groups excluding carboxylic acids is 1. The summed E-state index contributed by atoms with van der Waals surface area (Å²) in [6.45, 7) is 4.36. The number of likely N-dealkylation sites (tertiary alicyclic amines) is 2. The normalized spacial score (nSPS) is 19.4. The molecule has 5 rings (SSSR count). The second-order valence-corrected chi connectivity index (χ2v) is 9.24. The molecule has 0 spiro atoms. The van der Waals surface area contributed by atoms with Crippen molar-refractivity contribution in [2.75, 3.05) is 38.5 Å². The van der Waals surface area contributed by atoms with Gasteiger partial charge in [0, 0.05) is 36.2 Å². The summed E-state index contributed by atoms with van der Waals surface area (Å²) in [6, 6.07) is 8.62. The third-order valence-electron chi connectivity index (χ3n) is 6.98. The minimum absolute atomic E-state index is 0.0386. The molecule has 2 saturated heterocycles. The van der Waals surface area contributed by atoms with Crippen LogP contribution in [0, 0.1) is 5.92 Å². The van der Waals surface area contributed by atoms with Crippen molar-refractivity contribution < 1.29 is 4.79 Å². The van der Waals surface area contributed by atoms with Gasteiger partial charge in [-0.3, -0.25) is 9.48 Å². The van der Waals surface area contributed by atoms with Crippen LogP contribution in [0.3, 0.4) is 0 Å². The molecule has 1 aromatic carbocycles. The molecule has 32 heavy (non-hydrogen) atoms. The van der Waals surface area contributed by atoms with Gasteiger partial charge in [0.25, 0.3) is 0 Å². The number of hydrogen-bond acceptors (Lipinski definition) is 6. The van der Waals surface area contributed by atoms with Crippen molar-refractivity contribution in [1.29, 1.82) is 0 Å². The molecule has 0 bridgehead atoms. The van der Waals surface area contributed by atoms with E-state index >= 15 is 0 Å². The van der Waals surface area contributed by atoms with Crippen LogP contribution in [-0.2, 0) is 11.8 Å². The molecule has 8 nitrogen and oxygen atoms in total. The van der Waals surface area contributed by atoms with Crippen LogP contribution in [0.15, 0.2) is 36.7 Å². The fourth-order valence-electron chi connectivity index (χ4n) is 4.97. The Balaban J connectivity index is 1.22. The summed E-state index contributed by atoms with van der Waals surface area (Å²) in [4.78, 5) is 17.9. The molecule has 8 heteroatoms. The van der Waals surface area contributed by atoms with E-state index in [1.54, 1.807) is 4.68 Å².